The van der Waals surface area contributed by atoms with Crippen LogP contribution in [0.15, 0.2) is 42.6 Å². The molecule has 1 aliphatic heterocycles. The summed E-state index contributed by atoms with van der Waals surface area (Å²) in [6.45, 7) is 1.48. The Morgan fingerprint density at radius 1 is 1.36 bits per heavy atom. The first-order chi connectivity index (χ1) is 12.2. The van der Waals surface area contributed by atoms with E-state index in [0.717, 1.165) is 30.8 Å². The highest BCUT2D eigenvalue weighted by Crippen LogP contribution is 2.33. The van der Waals surface area contributed by atoms with Crippen molar-refractivity contribution in [1.82, 2.24) is 20.4 Å². The SMILES string of the molecule is CNC(=O)[C@@H](Cc1ccccc1)NC[C@@H]1CCO[C@H]1c1ccnn1C. The predicted octanol–water partition coefficient (Wildman–Crippen LogP) is 1.44. The van der Waals surface area contributed by atoms with Gasteiger partial charge in [0.15, 0.2) is 0 Å². The van der Waals surface area contributed by atoms with E-state index in [2.05, 4.69) is 27.9 Å². The Bertz CT molecular complexity index is 686. The summed E-state index contributed by atoms with van der Waals surface area (Å²) in [5.74, 6) is 0.346. The maximum atomic E-state index is 12.3. The number of ether oxygens (including phenoxy) is 1. The van der Waals surface area contributed by atoms with E-state index in [-0.39, 0.29) is 18.1 Å². The van der Waals surface area contributed by atoms with E-state index in [0.29, 0.717) is 12.3 Å². The van der Waals surface area contributed by atoms with Gasteiger partial charge in [0, 0.05) is 39.4 Å². The standard InChI is InChI=1S/C19H26N4O2/c1-20-19(24)16(12-14-6-4-3-5-7-14)21-13-15-9-11-25-18(15)17-8-10-22-23(17)2/h3-8,10,15-16,18,21H,9,11-13H2,1-2H3,(H,20,24)/t15-,16+,18+/m0/s1. The minimum atomic E-state index is -0.250. The van der Waals surface area contributed by atoms with E-state index in [9.17, 15) is 4.79 Å². The highest BCUT2D eigenvalue weighted by atomic mass is 16.5. The maximum absolute atomic E-state index is 12.3. The van der Waals surface area contributed by atoms with Gasteiger partial charge in [-0.25, -0.2) is 0 Å². The third-order valence-electron chi connectivity index (χ3n) is 4.84. The fourth-order valence-electron chi connectivity index (χ4n) is 3.41. The number of hydrogen-bond donors (Lipinski definition) is 2. The summed E-state index contributed by atoms with van der Waals surface area (Å²) in [5, 5.41) is 10.5. The zero-order valence-corrected chi connectivity index (χ0v) is 14.8. The average molecular weight is 342 g/mol. The molecule has 2 N–H and O–H groups in total. The van der Waals surface area contributed by atoms with Gasteiger partial charge in [-0.15, -0.1) is 0 Å². The summed E-state index contributed by atoms with van der Waals surface area (Å²) in [6, 6.07) is 11.8. The molecular weight excluding hydrogens is 316 g/mol. The van der Waals surface area contributed by atoms with Gasteiger partial charge < -0.3 is 15.4 Å². The highest BCUT2D eigenvalue weighted by Gasteiger charge is 2.32. The molecule has 3 atom stereocenters. The summed E-state index contributed by atoms with van der Waals surface area (Å²) in [7, 11) is 3.61. The fourth-order valence-corrected chi connectivity index (χ4v) is 3.41. The molecule has 1 fully saturated rings. The van der Waals surface area contributed by atoms with Crippen molar-refractivity contribution in [2.45, 2.75) is 25.0 Å². The molecule has 6 nitrogen and oxygen atoms in total. The number of amides is 1. The number of benzene rings is 1. The monoisotopic (exact) mass is 342 g/mol. The third-order valence-corrected chi connectivity index (χ3v) is 4.84. The average Bonchev–Trinajstić information content (AvgIpc) is 3.27. The zero-order valence-electron chi connectivity index (χ0n) is 14.8. The van der Waals surface area contributed by atoms with E-state index < -0.39 is 0 Å². The summed E-state index contributed by atoms with van der Waals surface area (Å²) in [5.41, 5.74) is 2.23. The Hall–Kier alpha value is -2.18. The van der Waals surface area contributed by atoms with Crippen LogP contribution in [0.25, 0.3) is 0 Å². The number of carbonyl (C=O) groups is 1. The Kier molecular flexibility index (Phi) is 5.83. The van der Waals surface area contributed by atoms with Crippen molar-refractivity contribution in [2.24, 2.45) is 13.0 Å². The molecular formula is C19H26N4O2. The molecule has 0 spiro atoms. The summed E-state index contributed by atoms with van der Waals surface area (Å²) >= 11 is 0. The maximum Gasteiger partial charge on any atom is 0.237 e. The molecule has 1 aliphatic rings. The van der Waals surface area contributed by atoms with Gasteiger partial charge in [0.2, 0.25) is 5.91 Å². The quantitative estimate of drug-likeness (QED) is 0.799. The lowest BCUT2D eigenvalue weighted by atomic mass is 9.97. The summed E-state index contributed by atoms with van der Waals surface area (Å²) < 4.78 is 7.79. The normalized spacial score (nSPS) is 21.2. The smallest absolute Gasteiger partial charge is 0.237 e. The minimum absolute atomic E-state index is 0.0138. The second kappa shape index (κ2) is 8.27. The zero-order chi connectivity index (χ0) is 17.6. The van der Waals surface area contributed by atoms with Gasteiger partial charge in [0.1, 0.15) is 6.10 Å². The fraction of sp³-hybridized carbons (Fsp3) is 0.474. The van der Waals surface area contributed by atoms with Crippen LogP contribution in [0.5, 0.6) is 0 Å². The van der Waals surface area contributed by atoms with Gasteiger partial charge in [-0.2, -0.15) is 5.10 Å². The van der Waals surface area contributed by atoms with Crippen LogP contribution in [0, 0.1) is 5.92 Å². The Morgan fingerprint density at radius 3 is 2.84 bits per heavy atom. The highest BCUT2D eigenvalue weighted by molar-refractivity contribution is 5.81. The summed E-state index contributed by atoms with van der Waals surface area (Å²) in [4.78, 5) is 12.3. The van der Waals surface area contributed by atoms with Crippen molar-refractivity contribution in [2.75, 3.05) is 20.2 Å². The van der Waals surface area contributed by atoms with Gasteiger partial charge in [-0.05, 0) is 24.5 Å². The largest absolute Gasteiger partial charge is 0.372 e. The molecule has 1 aromatic heterocycles. The van der Waals surface area contributed by atoms with Gasteiger partial charge >= 0.3 is 0 Å². The lowest BCUT2D eigenvalue weighted by Crippen LogP contribution is -2.46. The molecule has 2 aromatic rings. The van der Waals surface area contributed by atoms with Crippen LogP contribution in [-0.4, -0.2) is 41.9 Å². The lowest BCUT2D eigenvalue weighted by molar-refractivity contribution is -0.122. The van der Waals surface area contributed by atoms with Crippen molar-refractivity contribution in [3.8, 4) is 0 Å². The number of nitrogens with zero attached hydrogens (tertiary/aromatic N) is 2. The molecule has 0 aliphatic carbocycles. The van der Waals surface area contributed by atoms with E-state index >= 15 is 0 Å². The number of nitrogens with one attached hydrogen (secondary N) is 2. The first kappa shape index (κ1) is 17.6. The molecule has 0 radical (unpaired) electrons. The topological polar surface area (TPSA) is 68.2 Å². The second-order valence-electron chi connectivity index (χ2n) is 6.48. The Balaban J connectivity index is 1.64. The molecule has 0 saturated carbocycles. The first-order valence-corrected chi connectivity index (χ1v) is 8.77. The number of aryl methyl sites for hydroxylation is 1. The molecule has 6 heteroatoms. The van der Waals surface area contributed by atoms with Crippen molar-refractivity contribution in [3.63, 3.8) is 0 Å². The van der Waals surface area contributed by atoms with Crippen LogP contribution in [0.4, 0.5) is 0 Å². The van der Waals surface area contributed by atoms with Crippen LogP contribution in [-0.2, 0) is 23.0 Å². The van der Waals surface area contributed by atoms with Crippen LogP contribution in [0.1, 0.15) is 23.8 Å². The summed E-state index contributed by atoms with van der Waals surface area (Å²) in [6.07, 6.45) is 3.48. The van der Waals surface area contributed by atoms with Crippen LogP contribution in [0.3, 0.4) is 0 Å². The molecule has 1 aromatic carbocycles. The van der Waals surface area contributed by atoms with E-state index in [4.69, 9.17) is 4.74 Å². The molecule has 1 amide bonds. The van der Waals surface area contributed by atoms with E-state index in [1.54, 1.807) is 13.2 Å². The van der Waals surface area contributed by atoms with Gasteiger partial charge in [-0.1, -0.05) is 30.3 Å². The van der Waals surface area contributed by atoms with Gasteiger partial charge in [0.25, 0.3) is 0 Å². The molecule has 25 heavy (non-hydrogen) atoms. The third kappa shape index (κ3) is 4.27. The molecule has 1 saturated heterocycles. The van der Waals surface area contributed by atoms with Crippen molar-refractivity contribution >= 4 is 5.91 Å². The Morgan fingerprint density at radius 2 is 2.16 bits per heavy atom. The van der Waals surface area contributed by atoms with Crippen LogP contribution < -0.4 is 10.6 Å². The van der Waals surface area contributed by atoms with Crippen molar-refractivity contribution < 1.29 is 9.53 Å². The molecule has 0 bridgehead atoms. The first-order valence-electron chi connectivity index (χ1n) is 8.77. The van der Waals surface area contributed by atoms with E-state index in [1.165, 1.54) is 0 Å². The number of rotatable bonds is 7. The van der Waals surface area contributed by atoms with E-state index in [1.807, 2.05) is 36.0 Å². The molecule has 0 unspecified atom stereocenters. The molecule has 2 heterocycles. The number of hydrogen-bond acceptors (Lipinski definition) is 4. The number of likely N-dealkylation sites (N-methyl/N-ethyl adjacent to an activating group) is 1. The number of carbonyl (C=O) groups excluding carboxylic acids is 1. The lowest BCUT2D eigenvalue weighted by Gasteiger charge is -2.23. The Labute approximate surface area is 148 Å². The van der Waals surface area contributed by atoms with Crippen LogP contribution >= 0.6 is 0 Å². The van der Waals surface area contributed by atoms with Crippen LogP contribution in [0.2, 0.25) is 0 Å². The molecule has 3 rings (SSSR count). The van der Waals surface area contributed by atoms with Gasteiger partial charge in [0.05, 0.1) is 11.7 Å². The second-order valence-corrected chi connectivity index (χ2v) is 6.48. The molecule has 134 valence electrons. The van der Waals surface area contributed by atoms with Gasteiger partial charge in [-0.3, -0.25) is 9.48 Å². The van der Waals surface area contributed by atoms with Crippen molar-refractivity contribution in [1.29, 1.82) is 0 Å². The predicted molar refractivity (Wildman–Crippen MR) is 96.0 cm³/mol. The van der Waals surface area contributed by atoms with Crippen molar-refractivity contribution in [3.05, 3.63) is 53.9 Å². The number of aromatic nitrogens is 2. The minimum Gasteiger partial charge on any atom is -0.372 e.